The van der Waals surface area contributed by atoms with Crippen molar-refractivity contribution in [3.05, 3.63) is 125 Å². The maximum atomic E-state index is 14.0. The molecule has 4 rings (SSSR count). The maximum Gasteiger partial charge on any atom is 0.305 e. The third-order valence-corrected chi connectivity index (χ3v) is 6.98. The van der Waals surface area contributed by atoms with E-state index >= 15 is 0 Å². The predicted molar refractivity (Wildman–Crippen MR) is 159 cm³/mol. The number of carbonyl (C=O) groups excluding carboxylic acids is 2. The molecule has 7 nitrogen and oxygen atoms in total. The van der Waals surface area contributed by atoms with Gasteiger partial charge in [-0.1, -0.05) is 85.8 Å². The van der Waals surface area contributed by atoms with Crippen molar-refractivity contribution in [3.63, 3.8) is 0 Å². The number of benzene rings is 4. The first kappa shape index (κ1) is 29.1. The number of carboxylic acid groups (broad SMARTS) is 1. The van der Waals surface area contributed by atoms with Crippen molar-refractivity contribution in [1.29, 1.82) is 0 Å². The molecule has 0 aliphatic heterocycles. The zero-order chi connectivity index (χ0) is 29.2. The second kappa shape index (κ2) is 13.9. The van der Waals surface area contributed by atoms with Gasteiger partial charge in [-0.05, 0) is 52.4 Å². The Kier molecular flexibility index (Phi) is 9.89. The van der Waals surface area contributed by atoms with Crippen LogP contribution < -0.4 is 10.1 Å². The largest absolute Gasteiger partial charge is 0.497 e. The van der Waals surface area contributed by atoms with E-state index in [1.165, 1.54) is 0 Å². The van der Waals surface area contributed by atoms with E-state index in [1.54, 1.807) is 36.3 Å². The molecule has 0 saturated carbocycles. The molecule has 41 heavy (non-hydrogen) atoms. The van der Waals surface area contributed by atoms with Crippen molar-refractivity contribution >= 4 is 17.8 Å². The molecule has 1 atom stereocenters. The normalized spacial score (nSPS) is 11.4. The summed E-state index contributed by atoms with van der Waals surface area (Å²) in [7, 11) is 1.60. The fourth-order valence-corrected chi connectivity index (χ4v) is 4.74. The average molecular weight is 551 g/mol. The van der Waals surface area contributed by atoms with E-state index in [-0.39, 0.29) is 30.7 Å². The Bertz CT molecular complexity index is 1480. The van der Waals surface area contributed by atoms with Crippen molar-refractivity contribution in [2.75, 3.05) is 20.2 Å². The molecule has 2 N–H and O–H groups in total. The standard InChI is InChI=1S/C34H34N2O5/c1-24(26-10-4-3-5-11-26)23-36(21-20-32(37)38)34(40)31-15-9-7-13-29(31)28-12-6-8-14-30(28)33(39)35-22-25-16-18-27(41-2)19-17-25/h3-19,24H,20-23H2,1-2H3,(H,35,39)(H,37,38). The average Bonchev–Trinajstić information content (AvgIpc) is 3.02. The Morgan fingerprint density at radius 2 is 1.39 bits per heavy atom. The van der Waals surface area contributed by atoms with Crippen LogP contribution in [0, 0.1) is 0 Å². The number of nitrogens with one attached hydrogen (secondary N) is 1. The van der Waals surface area contributed by atoms with Crippen LogP contribution in [-0.2, 0) is 11.3 Å². The summed E-state index contributed by atoms with van der Waals surface area (Å²) in [6, 6.07) is 31.6. The van der Waals surface area contributed by atoms with Crippen LogP contribution in [0.2, 0.25) is 0 Å². The molecule has 0 heterocycles. The summed E-state index contributed by atoms with van der Waals surface area (Å²) in [6.07, 6.45) is -0.167. The maximum absolute atomic E-state index is 14.0. The smallest absolute Gasteiger partial charge is 0.305 e. The van der Waals surface area contributed by atoms with Gasteiger partial charge in [0.25, 0.3) is 11.8 Å². The summed E-state index contributed by atoms with van der Waals surface area (Å²) in [6.45, 7) is 2.78. The van der Waals surface area contributed by atoms with Gasteiger partial charge in [-0.3, -0.25) is 14.4 Å². The Labute approximate surface area is 240 Å². The summed E-state index contributed by atoms with van der Waals surface area (Å²) in [5.74, 6) is -0.779. The van der Waals surface area contributed by atoms with Crippen LogP contribution in [0.4, 0.5) is 0 Å². The highest BCUT2D eigenvalue weighted by Gasteiger charge is 2.24. The first-order valence-electron chi connectivity index (χ1n) is 13.5. The van der Waals surface area contributed by atoms with Gasteiger partial charge in [0.05, 0.1) is 13.5 Å². The third-order valence-electron chi connectivity index (χ3n) is 6.98. The number of methoxy groups -OCH3 is 1. The molecule has 4 aromatic rings. The molecule has 0 saturated heterocycles. The van der Waals surface area contributed by atoms with Crippen molar-refractivity contribution in [1.82, 2.24) is 10.2 Å². The first-order chi connectivity index (χ1) is 19.9. The summed E-state index contributed by atoms with van der Waals surface area (Å²) in [4.78, 5) is 40.3. The highest BCUT2D eigenvalue weighted by molar-refractivity contribution is 6.06. The summed E-state index contributed by atoms with van der Waals surface area (Å²) in [5, 5.41) is 12.3. The number of amides is 2. The lowest BCUT2D eigenvalue weighted by atomic mass is 9.93. The molecule has 0 radical (unpaired) electrons. The van der Waals surface area contributed by atoms with Gasteiger partial charge in [0, 0.05) is 30.8 Å². The van der Waals surface area contributed by atoms with Crippen molar-refractivity contribution in [3.8, 4) is 16.9 Å². The number of ether oxygens (including phenoxy) is 1. The molecule has 2 amide bonds. The number of carboxylic acids is 1. The highest BCUT2D eigenvalue weighted by atomic mass is 16.5. The number of aliphatic carboxylic acids is 1. The fraction of sp³-hybridized carbons (Fsp3) is 0.206. The lowest BCUT2D eigenvalue weighted by Crippen LogP contribution is -2.36. The van der Waals surface area contributed by atoms with Crippen molar-refractivity contribution in [2.24, 2.45) is 0 Å². The molecule has 4 aromatic carbocycles. The van der Waals surface area contributed by atoms with Gasteiger partial charge in [0.1, 0.15) is 5.75 Å². The van der Waals surface area contributed by atoms with Crippen molar-refractivity contribution < 1.29 is 24.2 Å². The fourth-order valence-electron chi connectivity index (χ4n) is 4.74. The Balaban J connectivity index is 1.61. The van der Waals surface area contributed by atoms with Crippen LogP contribution in [0.3, 0.4) is 0 Å². The topological polar surface area (TPSA) is 95.9 Å². The Morgan fingerprint density at radius 1 is 0.805 bits per heavy atom. The second-order valence-electron chi connectivity index (χ2n) is 9.83. The predicted octanol–water partition coefficient (Wildman–Crippen LogP) is 6.01. The lowest BCUT2D eigenvalue weighted by Gasteiger charge is -2.27. The molecule has 0 aromatic heterocycles. The number of rotatable bonds is 12. The zero-order valence-corrected chi connectivity index (χ0v) is 23.2. The van der Waals surface area contributed by atoms with Gasteiger partial charge in [-0.2, -0.15) is 0 Å². The van der Waals surface area contributed by atoms with Gasteiger partial charge in [0.15, 0.2) is 0 Å². The molecule has 0 bridgehead atoms. The summed E-state index contributed by atoms with van der Waals surface area (Å²) >= 11 is 0. The van der Waals surface area contributed by atoms with Crippen LogP contribution in [0.15, 0.2) is 103 Å². The van der Waals surface area contributed by atoms with E-state index < -0.39 is 5.97 Å². The molecule has 1 unspecified atom stereocenters. The van der Waals surface area contributed by atoms with E-state index in [0.717, 1.165) is 16.9 Å². The lowest BCUT2D eigenvalue weighted by molar-refractivity contribution is -0.137. The number of nitrogens with zero attached hydrogens (tertiary/aromatic N) is 1. The molecule has 0 fully saturated rings. The van der Waals surface area contributed by atoms with E-state index in [4.69, 9.17) is 4.74 Å². The minimum atomic E-state index is -0.970. The minimum absolute atomic E-state index is 0.00266. The first-order valence-corrected chi connectivity index (χ1v) is 13.5. The molecular weight excluding hydrogens is 516 g/mol. The van der Waals surface area contributed by atoms with Crippen LogP contribution in [0.5, 0.6) is 5.75 Å². The molecule has 210 valence electrons. The minimum Gasteiger partial charge on any atom is -0.497 e. The van der Waals surface area contributed by atoms with Crippen molar-refractivity contribution in [2.45, 2.75) is 25.8 Å². The van der Waals surface area contributed by atoms with E-state index in [9.17, 15) is 19.5 Å². The van der Waals surface area contributed by atoms with Gasteiger partial charge >= 0.3 is 5.97 Å². The van der Waals surface area contributed by atoms with Gasteiger partial charge < -0.3 is 20.1 Å². The second-order valence-corrected chi connectivity index (χ2v) is 9.83. The van der Waals surface area contributed by atoms with Gasteiger partial charge in [-0.15, -0.1) is 0 Å². The zero-order valence-electron chi connectivity index (χ0n) is 23.2. The Hall–Kier alpha value is -4.91. The number of hydrogen-bond acceptors (Lipinski definition) is 4. The van der Waals surface area contributed by atoms with E-state index in [0.29, 0.717) is 35.3 Å². The Morgan fingerprint density at radius 3 is 2.02 bits per heavy atom. The molecule has 0 aliphatic carbocycles. The molecule has 0 aliphatic rings. The SMILES string of the molecule is COc1ccc(CNC(=O)c2ccccc2-c2ccccc2C(=O)N(CCC(=O)O)CC(C)c2ccccc2)cc1. The number of carbonyl (C=O) groups is 3. The summed E-state index contributed by atoms with van der Waals surface area (Å²) < 4.78 is 5.20. The summed E-state index contributed by atoms with van der Waals surface area (Å²) in [5.41, 5.74) is 4.07. The van der Waals surface area contributed by atoms with Crippen LogP contribution in [0.1, 0.15) is 51.1 Å². The van der Waals surface area contributed by atoms with Gasteiger partial charge in [0.2, 0.25) is 0 Å². The van der Waals surface area contributed by atoms with E-state index in [2.05, 4.69) is 5.32 Å². The molecule has 7 heteroatoms. The van der Waals surface area contributed by atoms with Gasteiger partial charge in [-0.25, -0.2) is 0 Å². The van der Waals surface area contributed by atoms with Crippen LogP contribution in [0.25, 0.3) is 11.1 Å². The monoisotopic (exact) mass is 550 g/mol. The quantitative estimate of drug-likeness (QED) is 0.225. The van der Waals surface area contributed by atoms with E-state index in [1.807, 2.05) is 85.8 Å². The van der Waals surface area contributed by atoms with Crippen LogP contribution in [-0.4, -0.2) is 48.0 Å². The molecule has 0 spiro atoms. The molecular formula is C34H34N2O5. The highest BCUT2D eigenvalue weighted by Crippen LogP contribution is 2.29. The number of hydrogen-bond donors (Lipinski definition) is 2. The van der Waals surface area contributed by atoms with Crippen LogP contribution >= 0.6 is 0 Å². The third kappa shape index (κ3) is 7.60.